The van der Waals surface area contributed by atoms with E-state index in [1.54, 1.807) is 0 Å². The second-order valence-corrected chi connectivity index (χ2v) is 7.19. The zero-order chi connectivity index (χ0) is 14.5. The molecule has 0 aromatic carbocycles. The average molecular weight is 281 g/mol. The molecule has 20 heavy (non-hydrogen) atoms. The molecule has 0 spiro atoms. The van der Waals surface area contributed by atoms with Crippen LogP contribution in [0.5, 0.6) is 0 Å². The van der Waals surface area contributed by atoms with Gasteiger partial charge in [0.1, 0.15) is 0 Å². The summed E-state index contributed by atoms with van der Waals surface area (Å²) in [6.07, 6.45) is 4.14. The third-order valence-electron chi connectivity index (χ3n) is 5.42. The number of piperazine rings is 1. The number of likely N-dealkylation sites (tertiary alicyclic amines) is 1. The summed E-state index contributed by atoms with van der Waals surface area (Å²) in [6, 6.07) is 1.49. The Morgan fingerprint density at radius 1 is 0.950 bits per heavy atom. The molecular formula is C17H35N3. The molecule has 0 aliphatic carbocycles. The van der Waals surface area contributed by atoms with Gasteiger partial charge in [0.25, 0.3) is 0 Å². The van der Waals surface area contributed by atoms with Crippen LogP contribution < -0.4 is 0 Å². The molecular weight excluding hydrogens is 246 g/mol. The fourth-order valence-electron chi connectivity index (χ4n) is 3.73. The molecule has 0 aromatic rings. The van der Waals surface area contributed by atoms with Crippen LogP contribution in [0.15, 0.2) is 0 Å². The van der Waals surface area contributed by atoms with Crippen molar-refractivity contribution >= 4 is 0 Å². The number of hydrogen-bond donors (Lipinski definition) is 0. The predicted molar refractivity (Wildman–Crippen MR) is 87.2 cm³/mol. The lowest BCUT2D eigenvalue weighted by molar-refractivity contribution is 0.0669. The van der Waals surface area contributed by atoms with Gasteiger partial charge in [0.2, 0.25) is 0 Å². The Bertz CT molecular complexity index is 271. The highest BCUT2D eigenvalue weighted by molar-refractivity contribution is 4.81. The van der Waals surface area contributed by atoms with E-state index in [0.29, 0.717) is 6.04 Å². The van der Waals surface area contributed by atoms with E-state index in [-0.39, 0.29) is 0 Å². The first-order valence-corrected chi connectivity index (χ1v) is 8.80. The normalized spacial score (nSPS) is 28.9. The Morgan fingerprint density at radius 2 is 1.65 bits per heavy atom. The summed E-state index contributed by atoms with van der Waals surface area (Å²) in [5.41, 5.74) is 0. The topological polar surface area (TPSA) is 9.72 Å². The van der Waals surface area contributed by atoms with Crippen LogP contribution in [0.3, 0.4) is 0 Å². The van der Waals surface area contributed by atoms with E-state index in [1.165, 1.54) is 65.1 Å². The van der Waals surface area contributed by atoms with E-state index < -0.39 is 0 Å². The van der Waals surface area contributed by atoms with Gasteiger partial charge in [-0.1, -0.05) is 6.92 Å². The highest BCUT2D eigenvalue weighted by Crippen LogP contribution is 2.21. The first kappa shape index (κ1) is 16.3. The molecule has 0 amide bonds. The van der Waals surface area contributed by atoms with Crippen molar-refractivity contribution in [3.63, 3.8) is 0 Å². The van der Waals surface area contributed by atoms with E-state index in [2.05, 4.69) is 42.4 Å². The lowest BCUT2D eigenvalue weighted by Gasteiger charge is -2.41. The molecule has 2 rings (SSSR count). The number of nitrogens with zero attached hydrogens (tertiary/aromatic N) is 3. The molecule has 0 bridgehead atoms. The first-order chi connectivity index (χ1) is 9.60. The van der Waals surface area contributed by atoms with Gasteiger partial charge >= 0.3 is 0 Å². The van der Waals surface area contributed by atoms with Crippen LogP contribution in [0.4, 0.5) is 0 Å². The van der Waals surface area contributed by atoms with Crippen molar-refractivity contribution in [1.82, 2.24) is 14.7 Å². The molecule has 0 N–H and O–H groups in total. The number of piperidine rings is 1. The van der Waals surface area contributed by atoms with Crippen LogP contribution in [-0.4, -0.2) is 72.6 Å². The Labute approximate surface area is 126 Å². The lowest BCUT2D eigenvalue weighted by atomic mass is 9.95. The average Bonchev–Trinajstić information content (AvgIpc) is 2.47. The van der Waals surface area contributed by atoms with Crippen molar-refractivity contribution in [3.8, 4) is 0 Å². The smallest absolute Gasteiger partial charge is 0.0113 e. The second-order valence-electron chi connectivity index (χ2n) is 7.19. The molecule has 0 radical (unpaired) electrons. The molecule has 2 aliphatic heterocycles. The molecule has 2 heterocycles. The summed E-state index contributed by atoms with van der Waals surface area (Å²) in [7, 11) is 0. The molecule has 0 saturated carbocycles. The fourth-order valence-corrected chi connectivity index (χ4v) is 3.73. The SMILES string of the molecule is CCC(C)N1CCCC(CN2CCN(C(C)C)CC2)C1. The van der Waals surface area contributed by atoms with Gasteiger partial charge in [-0.25, -0.2) is 0 Å². The minimum atomic E-state index is 0.715. The summed E-state index contributed by atoms with van der Waals surface area (Å²) in [5, 5.41) is 0. The zero-order valence-electron chi connectivity index (χ0n) is 14.1. The van der Waals surface area contributed by atoms with Gasteiger partial charge in [-0.3, -0.25) is 4.90 Å². The zero-order valence-corrected chi connectivity index (χ0v) is 14.1. The quantitative estimate of drug-likeness (QED) is 0.767. The van der Waals surface area contributed by atoms with E-state index in [1.807, 2.05) is 0 Å². The molecule has 3 nitrogen and oxygen atoms in total. The van der Waals surface area contributed by atoms with Crippen LogP contribution in [0.2, 0.25) is 0 Å². The van der Waals surface area contributed by atoms with Crippen molar-refractivity contribution in [2.75, 3.05) is 45.8 Å². The van der Waals surface area contributed by atoms with Crippen molar-refractivity contribution in [2.24, 2.45) is 5.92 Å². The maximum Gasteiger partial charge on any atom is 0.0113 e. The third kappa shape index (κ3) is 4.44. The van der Waals surface area contributed by atoms with E-state index in [0.717, 1.165) is 12.0 Å². The highest BCUT2D eigenvalue weighted by Gasteiger charge is 2.26. The van der Waals surface area contributed by atoms with Crippen LogP contribution in [0, 0.1) is 5.92 Å². The van der Waals surface area contributed by atoms with Gasteiger partial charge in [-0.05, 0) is 52.5 Å². The summed E-state index contributed by atoms with van der Waals surface area (Å²) < 4.78 is 0. The van der Waals surface area contributed by atoms with Crippen molar-refractivity contribution in [3.05, 3.63) is 0 Å². The van der Waals surface area contributed by atoms with E-state index in [4.69, 9.17) is 0 Å². The largest absolute Gasteiger partial charge is 0.300 e. The number of hydrogen-bond acceptors (Lipinski definition) is 3. The molecule has 2 saturated heterocycles. The molecule has 3 heteroatoms. The summed E-state index contributed by atoms with van der Waals surface area (Å²) in [6.45, 7) is 18.4. The van der Waals surface area contributed by atoms with E-state index >= 15 is 0 Å². The van der Waals surface area contributed by atoms with E-state index in [9.17, 15) is 0 Å². The molecule has 2 atom stereocenters. The Kier molecular flexibility index (Phi) is 6.31. The lowest BCUT2D eigenvalue weighted by Crippen LogP contribution is -2.51. The standard InChI is InChI=1S/C17H35N3/c1-5-16(4)20-8-6-7-17(14-20)13-18-9-11-19(12-10-18)15(2)3/h15-17H,5-14H2,1-4H3. The number of rotatable bonds is 5. The van der Waals surface area contributed by atoms with Gasteiger partial charge in [-0.15, -0.1) is 0 Å². The predicted octanol–water partition coefficient (Wildman–Crippen LogP) is 2.52. The molecule has 118 valence electrons. The Hall–Kier alpha value is -0.120. The Morgan fingerprint density at radius 3 is 2.25 bits per heavy atom. The van der Waals surface area contributed by atoms with Crippen molar-refractivity contribution in [1.29, 1.82) is 0 Å². The first-order valence-electron chi connectivity index (χ1n) is 8.80. The van der Waals surface area contributed by atoms with Crippen molar-refractivity contribution < 1.29 is 0 Å². The summed E-state index contributed by atoms with van der Waals surface area (Å²) >= 11 is 0. The summed E-state index contributed by atoms with van der Waals surface area (Å²) in [4.78, 5) is 8.05. The fraction of sp³-hybridized carbons (Fsp3) is 1.00. The van der Waals surface area contributed by atoms with Gasteiger partial charge in [0.15, 0.2) is 0 Å². The van der Waals surface area contributed by atoms with Gasteiger partial charge in [-0.2, -0.15) is 0 Å². The van der Waals surface area contributed by atoms with Gasteiger partial charge in [0.05, 0.1) is 0 Å². The minimum Gasteiger partial charge on any atom is -0.300 e. The van der Waals surface area contributed by atoms with Crippen LogP contribution in [0.25, 0.3) is 0 Å². The summed E-state index contributed by atoms with van der Waals surface area (Å²) in [5.74, 6) is 0.906. The molecule has 2 unspecified atom stereocenters. The van der Waals surface area contributed by atoms with Crippen LogP contribution >= 0.6 is 0 Å². The molecule has 2 aliphatic rings. The van der Waals surface area contributed by atoms with Crippen LogP contribution in [-0.2, 0) is 0 Å². The highest BCUT2D eigenvalue weighted by atomic mass is 15.3. The van der Waals surface area contributed by atoms with Gasteiger partial charge < -0.3 is 9.80 Å². The molecule has 0 aromatic heterocycles. The van der Waals surface area contributed by atoms with Crippen molar-refractivity contribution in [2.45, 2.75) is 59.0 Å². The molecule has 2 fully saturated rings. The minimum absolute atomic E-state index is 0.715. The maximum absolute atomic E-state index is 2.72. The van der Waals surface area contributed by atoms with Gasteiger partial charge in [0, 0.05) is 51.4 Å². The third-order valence-corrected chi connectivity index (χ3v) is 5.42. The Balaban J connectivity index is 1.74. The monoisotopic (exact) mass is 281 g/mol. The van der Waals surface area contributed by atoms with Crippen LogP contribution in [0.1, 0.15) is 47.0 Å². The second kappa shape index (κ2) is 7.77. The maximum atomic E-state index is 2.72.